The van der Waals surface area contributed by atoms with E-state index in [1.807, 2.05) is 57.2 Å². The fourth-order valence-corrected chi connectivity index (χ4v) is 8.08. The third kappa shape index (κ3) is 4.40. The molecule has 3 aliphatic rings. The van der Waals surface area contributed by atoms with Gasteiger partial charge in [-0.2, -0.15) is 0 Å². The van der Waals surface area contributed by atoms with Crippen molar-refractivity contribution in [2.24, 2.45) is 11.8 Å². The van der Waals surface area contributed by atoms with E-state index in [1.165, 1.54) is 6.92 Å². The summed E-state index contributed by atoms with van der Waals surface area (Å²) in [4.78, 5) is 38.4. The summed E-state index contributed by atoms with van der Waals surface area (Å²) < 4.78 is 26.5. The molecule has 11 nitrogen and oxygen atoms in total. The lowest BCUT2D eigenvalue weighted by Crippen LogP contribution is -2.40. The van der Waals surface area contributed by atoms with E-state index in [9.17, 15) is 9.59 Å². The number of aromatic amines is 1. The van der Waals surface area contributed by atoms with Crippen molar-refractivity contribution in [3.05, 3.63) is 99.8 Å². The van der Waals surface area contributed by atoms with E-state index in [-0.39, 0.29) is 17.7 Å². The predicted molar refractivity (Wildman–Crippen MR) is 188 cm³/mol. The van der Waals surface area contributed by atoms with Crippen LogP contribution in [0.4, 0.5) is 5.69 Å². The number of H-pyrrole nitrogens is 1. The summed E-state index contributed by atoms with van der Waals surface area (Å²) in [5, 5.41) is 7.63. The highest BCUT2D eigenvalue weighted by Gasteiger charge is 2.61. The SMILES string of the molecule is CC(=O)Oc1cccc2c(-c3ncc(-c4nc5oc4C46c7cc(ccc7O[C@@H]4Nc4c(Br)cccc46)C[C@H](C)C(=O)N[C@H]5C(C)C)o3)c[nH]c12. The van der Waals surface area contributed by atoms with E-state index < -0.39 is 23.7 Å². The van der Waals surface area contributed by atoms with E-state index in [4.69, 9.17) is 28.3 Å². The maximum Gasteiger partial charge on any atom is 0.308 e. The van der Waals surface area contributed by atoms with Gasteiger partial charge in [0, 0.05) is 40.0 Å². The summed E-state index contributed by atoms with van der Waals surface area (Å²) >= 11 is 3.76. The van der Waals surface area contributed by atoms with Gasteiger partial charge < -0.3 is 33.9 Å². The number of ether oxygens (including phenoxy) is 2. The zero-order valence-electron chi connectivity index (χ0n) is 27.6. The Morgan fingerprint density at radius 1 is 1.08 bits per heavy atom. The molecule has 1 amide bonds. The number of rotatable bonds is 4. The standard InChI is InChI=1S/C38H32BrN5O6/c1-17(2)29-36-43-32(28-16-41-35(48-28)22-15-40-30-21(22)7-5-10-27(30)47-19(4)45)33(50-36)38-23-8-6-9-25(39)31(23)44-37(38)49-26-12-11-20(14-24(26)38)13-18(3)34(46)42-29/h5-12,14-18,29,37,40,44H,13H2,1-4H3,(H,42,46)/t18-,29-,37-,38?/m0/s1. The van der Waals surface area contributed by atoms with Crippen molar-refractivity contribution in [3.8, 4) is 34.4 Å². The molecule has 0 radical (unpaired) electrons. The number of carbonyl (C=O) groups excluding carboxylic acids is 2. The summed E-state index contributed by atoms with van der Waals surface area (Å²) in [6.45, 7) is 7.36. The molecular weight excluding hydrogens is 702 g/mol. The number of hydrogen-bond donors (Lipinski definition) is 3. The topological polar surface area (TPSA) is 145 Å². The van der Waals surface area contributed by atoms with Gasteiger partial charge in [0.15, 0.2) is 29.2 Å². The molecule has 12 heteroatoms. The summed E-state index contributed by atoms with van der Waals surface area (Å²) in [7, 11) is 0. The zero-order valence-corrected chi connectivity index (χ0v) is 29.2. The second-order valence-corrected chi connectivity index (χ2v) is 14.4. The van der Waals surface area contributed by atoms with Gasteiger partial charge >= 0.3 is 5.97 Å². The van der Waals surface area contributed by atoms with Gasteiger partial charge in [-0.15, -0.1) is 0 Å². The van der Waals surface area contributed by atoms with Gasteiger partial charge in [0.2, 0.25) is 17.7 Å². The van der Waals surface area contributed by atoms with Crippen molar-refractivity contribution in [1.82, 2.24) is 20.3 Å². The first-order chi connectivity index (χ1) is 24.1. The molecule has 252 valence electrons. The number of esters is 1. The Labute approximate surface area is 294 Å². The van der Waals surface area contributed by atoms with Crippen LogP contribution in [0.5, 0.6) is 11.5 Å². The molecule has 1 spiro atoms. The Hall–Kier alpha value is -5.36. The zero-order chi connectivity index (χ0) is 34.5. The maximum absolute atomic E-state index is 13.6. The summed E-state index contributed by atoms with van der Waals surface area (Å²) in [6, 6.07) is 17.1. The summed E-state index contributed by atoms with van der Waals surface area (Å²) in [5.74, 6) is 1.90. The van der Waals surface area contributed by atoms with Gasteiger partial charge in [-0.1, -0.05) is 57.2 Å². The Bertz CT molecular complexity index is 2370. The van der Waals surface area contributed by atoms with Crippen LogP contribution >= 0.6 is 15.9 Å². The fraction of sp³-hybridized carbons (Fsp3) is 0.263. The van der Waals surface area contributed by atoms with Gasteiger partial charge in [0.25, 0.3) is 0 Å². The molecule has 9 rings (SSSR count). The molecule has 1 unspecified atom stereocenters. The molecule has 3 aromatic heterocycles. The first-order valence-electron chi connectivity index (χ1n) is 16.6. The first kappa shape index (κ1) is 30.7. The minimum atomic E-state index is -0.967. The number of hydrogen-bond acceptors (Lipinski definition) is 9. The van der Waals surface area contributed by atoms with E-state index in [1.54, 1.807) is 18.5 Å². The third-order valence-corrected chi connectivity index (χ3v) is 10.6. The highest BCUT2D eigenvalue weighted by Crippen LogP contribution is 2.60. The normalized spacial score (nSPS) is 21.9. The highest BCUT2D eigenvalue weighted by molar-refractivity contribution is 9.10. The van der Waals surface area contributed by atoms with Crippen molar-refractivity contribution >= 4 is 44.4 Å². The second kappa shape index (κ2) is 11.1. The molecule has 6 heterocycles. The van der Waals surface area contributed by atoms with Gasteiger partial charge in [-0.05, 0) is 52.0 Å². The van der Waals surface area contributed by atoms with Crippen LogP contribution in [0.15, 0.2) is 80.3 Å². The van der Waals surface area contributed by atoms with Crippen LogP contribution in [0.1, 0.15) is 62.1 Å². The van der Waals surface area contributed by atoms with Crippen LogP contribution in [-0.4, -0.2) is 33.1 Å². The number of nitrogens with one attached hydrogen (secondary N) is 3. The third-order valence-electron chi connectivity index (χ3n) is 9.94. The van der Waals surface area contributed by atoms with Gasteiger partial charge in [0.1, 0.15) is 17.2 Å². The Balaban J connectivity index is 1.29. The van der Waals surface area contributed by atoms with E-state index in [2.05, 4.69) is 43.7 Å². The summed E-state index contributed by atoms with van der Waals surface area (Å²) in [6.07, 6.45) is 3.40. The molecule has 4 atom stereocenters. The van der Waals surface area contributed by atoms with Gasteiger partial charge in [-0.3, -0.25) is 9.59 Å². The summed E-state index contributed by atoms with van der Waals surface area (Å²) in [5.41, 5.74) is 4.60. The number of nitrogens with zero attached hydrogens (tertiary/aromatic N) is 2. The van der Waals surface area contributed by atoms with E-state index in [0.717, 1.165) is 38.0 Å². The lowest BCUT2D eigenvalue weighted by Gasteiger charge is -2.28. The van der Waals surface area contributed by atoms with Crippen molar-refractivity contribution in [3.63, 3.8) is 0 Å². The molecular formula is C38H32BrN5O6. The Morgan fingerprint density at radius 2 is 1.92 bits per heavy atom. The van der Waals surface area contributed by atoms with Crippen LogP contribution < -0.4 is 20.1 Å². The number of carbonyl (C=O) groups is 2. The van der Waals surface area contributed by atoms with Crippen LogP contribution in [-0.2, 0) is 21.4 Å². The molecule has 3 N–H and O–H groups in total. The predicted octanol–water partition coefficient (Wildman–Crippen LogP) is 7.65. The number of benzene rings is 3. The van der Waals surface area contributed by atoms with Crippen LogP contribution in [0.2, 0.25) is 0 Å². The number of amides is 1. The molecule has 3 aliphatic heterocycles. The number of anilines is 1. The molecule has 50 heavy (non-hydrogen) atoms. The smallest absolute Gasteiger partial charge is 0.308 e. The van der Waals surface area contributed by atoms with Crippen molar-refractivity contribution < 1.29 is 27.9 Å². The molecule has 3 aromatic carbocycles. The van der Waals surface area contributed by atoms with Crippen molar-refractivity contribution in [2.45, 2.75) is 51.8 Å². The maximum atomic E-state index is 13.6. The molecule has 0 fully saturated rings. The fourth-order valence-electron chi connectivity index (χ4n) is 7.60. The molecule has 0 aliphatic carbocycles. The minimum Gasteiger partial charge on any atom is -0.469 e. The van der Waals surface area contributed by atoms with Crippen LogP contribution in [0, 0.1) is 11.8 Å². The number of oxazole rings is 2. The van der Waals surface area contributed by atoms with Crippen LogP contribution in [0.3, 0.4) is 0 Å². The van der Waals surface area contributed by atoms with E-state index >= 15 is 0 Å². The van der Waals surface area contributed by atoms with E-state index in [0.29, 0.717) is 52.2 Å². The van der Waals surface area contributed by atoms with Gasteiger partial charge in [-0.25, -0.2) is 9.97 Å². The van der Waals surface area contributed by atoms with Crippen molar-refractivity contribution in [1.29, 1.82) is 0 Å². The first-order valence-corrected chi connectivity index (χ1v) is 17.3. The molecule has 6 aromatic rings. The van der Waals surface area contributed by atoms with Crippen LogP contribution in [0.25, 0.3) is 33.8 Å². The van der Waals surface area contributed by atoms with Crippen molar-refractivity contribution in [2.75, 3.05) is 5.32 Å². The number of para-hydroxylation sites is 2. The molecule has 4 bridgehead atoms. The number of fused-ring (bicyclic) bond motifs is 5. The quantitative estimate of drug-likeness (QED) is 0.123. The highest BCUT2D eigenvalue weighted by atomic mass is 79.9. The average molecular weight is 735 g/mol. The minimum absolute atomic E-state index is 0.0407. The lowest BCUT2D eigenvalue weighted by molar-refractivity contribution is -0.131. The number of halogens is 1. The monoisotopic (exact) mass is 733 g/mol. The number of aromatic nitrogens is 3. The average Bonchev–Trinajstić information content (AvgIpc) is 3.90. The van der Waals surface area contributed by atoms with Gasteiger partial charge in [0.05, 0.1) is 23.0 Å². The molecule has 0 saturated heterocycles. The second-order valence-electron chi connectivity index (χ2n) is 13.5. The largest absolute Gasteiger partial charge is 0.469 e. The Morgan fingerprint density at radius 3 is 2.74 bits per heavy atom. The molecule has 0 saturated carbocycles. The lowest BCUT2D eigenvalue weighted by atomic mass is 9.72. The Kier molecular flexibility index (Phi) is 6.80.